The Kier molecular flexibility index (Phi) is 5.64. The molecule has 1 N–H and O–H groups in total. The summed E-state index contributed by atoms with van der Waals surface area (Å²) in [5.74, 6) is -1.18. The van der Waals surface area contributed by atoms with Gasteiger partial charge in [0.25, 0.3) is 5.91 Å². The molecule has 0 aromatic heterocycles. The van der Waals surface area contributed by atoms with Crippen molar-refractivity contribution in [3.05, 3.63) is 56.6 Å². The van der Waals surface area contributed by atoms with Gasteiger partial charge in [-0.15, -0.1) is 0 Å². The fraction of sp³-hybridized carbons (Fsp3) is 0.500. The Bertz CT molecular complexity index is 973. The monoisotopic (exact) mass is 474 g/mol. The smallest absolute Gasteiger partial charge is 0.252 e. The molecule has 6 heteroatoms. The van der Waals surface area contributed by atoms with Crippen LogP contribution >= 0.6 is 15.9 Å². The van der Waals surface area contributed by atoms with Gasteiger partial charge in [-0.2, -0.15) is 0 Å². The first kappa shape index (κ1) is 21.3. The predicted octanol–water partition coefficient (Wildman–Crippen LogP) is 5.20. The van der Waals surface area contributed by atoms with E-state index >= 15 is 4.39 Å². The van der Waals surface area contributed by atoms with Gasteiger partial charge in [0.2, 0.25) is 0 Å². The zero-order valence-electron chi connectivity index (χ0n) is 17.8. The highest BCUT2D eigenvalue weighted by Crippen LogP contribution is 2.47. The van der Waals surface area contributed by atoms with Gasteiger partial charge in [0, 0.05) is 58.0 Å². The lowest BCUT2D eigenvalue weighted by Crippen LogP contribution is -2.43. The summed E-state index contributed by atoms with van der Waals surface area (Å²) in [6.07, 6.45) is 4.16. The minimum atomic E-state index is -0.684. The third-order valence-electron chi connectivity index (χ3n) is 6.38. The molecule has 160 valence electrons. The second-order valence-corrected chi connectivity index (χ2v) is 10.4. The van der Waals surface area contributed by atoms with Crippen molar-refractivity contribution in [2.24, 2.45) is 5.41 Å². The number of likely N-dealkylation sites (tertiary alicyclic amines) is 1. The number of rotatable bonds is 2. The van der Waals surface area contributed by atoms with Crippen LogP contribution in [0.1, 0.15) is 64.4 Å². The highest BCUT2D eigenvalue weighted by atomic mass is 79.9. The molecule has 30 heavy (non-hydrogen) atoms. The number of allylic oxidation sites excluding steroid dienone is 3. The number of carbonyl (C=O) groups is 2. The second kappa shape index (κ2) is 7.95. The molecule has 2 aliphatic heterocycles. The maximum atomic E-state index is 15.1. The van der Waals surface area contributed by atoms with Crippen LogP contribution in [0, 0.1) is 11.2 Å². The molecular weight excluding hydrogens is 447 g/mol. The molecule has 1 aromatic carbocycles. The van der Waals surface area contributed by atoms with E-state index in [2.05, 4.69) is 35.1 Å². The second-order valence-electron chi connectivity index (χ2n) is 9.45. The van der Waals surface area contributed by atoms with E-state index in [1.54, 1.807) is 12.1 Å². The van der Waals surface area contributed by atoms with E-state index in [4.69, 9.17) is 0 Å². The molecule has 0 saturated carbocycles. The van der Waals surface area contributed by atoms with Crippen LogP contribution in [0.25, 0.3) is 0 Å². The van der Waals surface area contributed by atoms with Crippen LogP contribution in [0.5, 0.6) is 0 Å². The molecule has 1 aromatic rings. The number of halogens is 2. The standard InChI is InChI=1S/C24H28BrFN2O2/c1-14-20(23(30)28-9-5-4-6-10-28)21(16-11-15(25)7-8-17(16)26)22-18(27-14)12-24(2,3)13-19(22)29/h7-8,11,21,27H,4-6,9-10,12-13H2,1-3H3. The lowest BCUT2D eigenvalue weighted by molar-refractivity contribution is -0.128. The maximum absolute atomic E-state index is 15.1. The first-order chi connectivity index (χ1) is 14.2. The molecule has 0 spiro atoms. The summed E-state index contributed by atoms with van der Waals surface area (Å²) in [5, 5.41) is 3.36. The molecule has 2 heterocycles. The minimum Gasteiger partial charge on any atom is -0.362 e. The molecule has 0 bridgehead atoms. The summed E-state index contributed by atoms with van der Waals surface area (Å²) in [4.78, 5) is 28.8. The average Bonchev–Trinajstić information content (AvgIpc) is 2.68. The number of nitrogens with one attached hydrogen (secondary N) is 1. The summed E-state index contributed by atoms with van der Waals surface area (Å²) < 4.78 is 15.8. The van der Waals surface area contributed by atoms with E-state index in [1.165, 1.54) is 6.07 Å². The Morgan fingerprint density at radius 2 is 1.90 bits per heavy atom. The van der Waals surface area contributed by atoms with Crippen LogP contribution in [0.2, 0.25) is 0 Å². The lowest BCUT2D eigenvalue weighted by atomic mass is 9.68. The van der Waals surface area contributed by atoms with Gasteiger partial charge in [-0.3, -0.25) is 9.59 Å². The van der Waals surface area contributed by atoms with Gasteiger partial charge < -0.3 is 10.2 Å². The Morgan fingerprint density at radius 1 is 1.20 bits per heavy atom. The fourth-order valence-electron chi connectivity index (χ4n) is 5.03. The molecule has 1 saturated heterocycles. The number of amides is 1. The van der Waals surface area contributed by atoms with Crippen molar-refractivity contribution in [1.29, 1.82) is 0 Å². The van der Waals surface area contributed by atoms with Gasteiger partial charge in [-0.1, -0.05) is 29.8 Å². The van der Waals surface area contributed by atoms with E-state index in [1.807, 2.05) is 11.8 Å². The summed E-state index contributed by atoms with van der Waals surface area (Å²) in [7, 11) is 0. The summed E-state index contributed by atoms with van der Waals surface area (Å²) in [5.41, 5.74) is 2.81. The van der Waals surface area contributed by atoms with E-state index in [9.17, 15) is 9.59 Å². The summed E-state index contributed by atoms with van der Waals surface area (Å²) >= 11 is 3.44. The molecule has 1 amide bonds. The molecule has 3 aliphatic rings. The van der Waals surface area contributed by atoms with Gasteiger partial charge in [-0.05, 0) is 56.2 Å². The van der Waals surface area contributed by atoms with E-state index in [0.717, 1.165) is 35.1 Å². The van der Waals surface area contributed by atoms with E-state index in [0.29, 0.717) is 42.6 Å². The van der Waals surface area contributed by atoms with Crippen molar-refractivity contribution in [3.8, 4) is 0 Å². The minimum absolute atomic E-state index is 0.00503. The number of benzene rings is 1. The number of hydrogen-bond acceptors (Lipinski definition) is 3. The number of hydrogen-bond donors (Lipinski definition) is 1. The van der Waals surface area contributed by atoms with Crippen molar-refractivity contribution in [1.82, 2.24) is 10.2 Å². The number of piperidine rings is 1. The molecule has 1 fully saturated rings. The Morgan fingerprint density at radius 3 is 2.60 bits per heavy atom. The van der Waals surface area contributed by atoms with Crippen LogP contribution in [0.3, 0.4) is 0 Å². The van der Waals surface area contributed by atoms with Crippen molar-refractivity contribution in [2.45, 2.75) is 58.8 Å². The van der Waals surface area contributed by atoms with Crippen molar-refractivity contribution in [2.75, 3.05) is 13.1 Å². The third kappa shape index (κ3) is 3.86. The normalized spacial score (nSPS) is 24.0. The first-order valence-corrected chi connectivity index (χ1v) is 11.5. The topological polar surface area (TPSA) is 49.4 Å². The lowest BCUT2D eigenvalue weighted by Gasteiger charge is -2.41. The first-order valence-electron chi connectivity index (χ1n) is 10.7. The summed E-state index contributed by atoms with van der Waals surface area (Å²) in [6, 6.07) is 4.75. The number of Topliss-reactive ketones (excluding diaryl/α,β-unsaturated/α-hetero) is 1. The third-order valence-corrected chi connectivity index (χ3v) is 6.88. The number of dihydropyridines is 1. The zero-order chi connectivity index (χ0) is 21.6. The quantitative estimate of drug-likeness (QED) is 0.640. The highest BCUT2D eigenvalue weighted by Gasteiger charge is 2.44. The predicted molar refractivity (Wildman–Crippen MR) is 118 cm³/mol. The van der Waals surface area contributed by atoms with Crippen molar-refractivity contribution < 1.29 is 14.0 Å². The van der Waals surface area contributed by atoms with Crippen LogP contribution in [-0.4, -0.2) is 29.7 Å². The van der Waals surface area contributed by atoms with Gasteiger partial charge in [-0.25, -0.2) is 4.39 Å². The van der Waals surface area contributed by atoms with E-state index in [-0.39, 0.29) is 17.1 Å². The van der Waals surface area contributed by atoms with Crippen molar-refractivity contribution >= 4 is 27.6 Å². The van der Waals surface area contributed by atoms with Gasteiger partial charge in [0.1, 0.15) is 5.82 Å². The van der Waals surface area contributed by atoms with E-state index < -0.39 is 11.7 Å². The van der Waals surface area contributed by atoms with Gasteiger partial charge >= 0.3 is 0 Å². The molecule has 1 atom stereocenters. The summed E-state index contributed by atoms with van der Waals surface area (Å²) in [6.45, 7) is 7.42. The van der Waals surface area contributed by atoms with Gasteiger partial charge in [0.05, 0.1) is 0 Å². The van der Waals surface area contributed by atoms with Crippen LogP contribution in [0.4, 0.5) is 4.39 Å². The molecular formula is C24H28BrFN2O2. The molecule has 4 nitrogen and oxygen atoms in total. The molecule has 4 rings (SSSR count). The Labute approximate surface area is 185 Å². The highest BCUT2D eigenvalue weighted by molar-refractivity contribution is 9.10. The Hall–Kier alpha value is -1.95. The van der Waals surface area contributed by atoms with Crippen molar-refractivity contribution in [3.63, 3.8) is 0 Å². The number of ketones is 1. The Balaban J connectivity index is 1.87. The van der Waals surface area contributed by atoms with Crippen LogP contribution in [-0.2, 0) is 9.59 Å². The molecule has 1 aliphatic carbocycles. The zero-order valence-corrected chi connectivity index (χ0v) is 19.4. The van der Waals surface area contributed by atoms with Gasteiger partial charge in [0.15, 0.2) is 5.78 Å². The van der Waals surface area contributed by atoms with Crippen LogP contribution < -0.4 is 5.32 Å². The fourth-order valence-corrected chi connectivity index (χ4v) is 5.41. The van der Waals surface area contributed by atoms with Crippen LogP contribution in [0.15, 0.2) is 45.2 Å². The molecule has 1 unspecified atom stereocenters. The maximum Gasteiger partial charge on any atom is 0.252 e. The SMILES string of the molecule is CC1=C(C(=O)N2CCCCC2)C(c2cc(Br)ccc2F)C2=C(CC(C)(C)CC2=O)N1. The number of nitrogens with zero attached hydrogens (tertiary/aromatic N) is 1. The average molecular weight is 475 g/mol. The largest absolute Gasteiger partial charge is 0.362 e. The molecule has 0 radical (unpaired) electrons. The number of carbonyl (C=O) groups excluding carboxylic acids is 2.